The lowest BCUT2D eigenvalue weighted by Gasteiger charge is -2.03. The number of aromatic nitrogens is 2. The van der Waals surface area contributed by atoms with E-state index < -0.39 is 0 Å². The Bertz CT molecular complexity index is 551. The molecule has 0 saturated carbocycles. The van der Waals surface area contributed by atoms with Gasteiger partial charge in [-0.25, -0.2) is 0 Å². The largest absolute Gasteiger partial charge is 0.346 e. The van der Waals surface area contributed by atoms with Crippen LogP contribution >= 0.6 is 15.9 Å². The van der Waals surface area contributed by atoms with Crippen molar-refractivity contribution >= 4 is 21.8 Å². The third kappa shape index (κ3) is 3.20. The monoisotopic (exact) mass is 307 g/mol. The van der Waals surface area contributed by atoms with E-state index in [9.17, 15) is 4.79 Å². The summed E-state index contributed by atoms with van der Waals surface area (Å²) in [5.74, 6) is -0.0936. The van der Waals surface area contributed by atoms with E-state index in [0.717, 1.165) is 22.3 Å². The van der Waals surface area contributed by atoms with E-state index in [2.05, 4.69) is 31.4 Å². The first-order valence-electron chi connectivity index (χ1n) is 5.76. The normalized spacial score (nSPS) is 10.3. The molecular formula is C13H14BrN3O. The molecule has 18 heavy (non-hydrogen) atoms. The van der Waals surface area contributed by atoms with Crippen molar-refractivity contribution in [2.24, 2.45) is 0 Å². The molecule has 2 aromatic rings. The van der Waals surface area contributed by atoms with Crippen LogP contribution < -0.4 is 5.32 Å². The zero-order valence-electron chi connectivity index (χ0n) is 10.0. The van der Waals surface area contributed by atoms with Gasteiger partial charge in [0, 0.05) is 10.0 Å². The highest BCUT2D eigenvalue weighted by Crippen LogP contribution is 2.11. The highest BCUT2D eigenvalue weighted by molar-refractivity contribution is 9.10. The van der Waals surface area contributed by atoms with Crippen LogP contribution in [0.1, 0.15) is 28.7 Å². The van der Waals surface area contributed by atoms with Crippen molar-refractivity contribution in [1.82, 2.24) is 15.5 Å². The van der Waals surface area contributed by atoms with Gasteiger partial charge in [-0.1, -0.05) is 28.9 Å². The average Bonchev–Trinajstić information content (AvgIpc) is 2.84. The van der Waals surface area contributed by atoms with E-state index in [-0.39, 0.29) is 5.91 Å². The number of benzene rings is 1. The van der Waals surface area contributed by atoms with Crippen LogP contribution in [0.25, 0.3) is 0 Å². The van der Waals surface area contributed by atoms with Crippen LogP contribution in [0.3, 0.4) is 0 Å². The van der Waals surface area contributed by atoms with Crippen LogP contribution in [0.4, 0.5) is 0 Å². The fourth-order valence-corrected chi connectivity index (χ4v) is 1.99. The lowest BCUT2D eigenvalue weighted by molar-refractivity contribution is 0.0950. The Labute approximate surface area is 114 Å². The molecule has 0 radical (unpaired) electrons. The van der Waals surface area contributed by atoms with Gasteiger partial charge in [-0.3, -0.25) is 9.89 Å². The molecule has 0 aliphatic rings. The number of nitrogens with zero attached hydrogens (tertiary/aromatic N) is 1. The lowest BCUT2D eigenvalue weighted by Crippen LogP contribution is -2.22. The summed E-state index contributed by atoms with van der Waals surface area (Å²) < 4.78 is 0.893. The standard InChI is InChI=1S/C13H14BrN3O/c1-2-11-7-12(17-16-11)8-15-13(18)9-4-3-5-10(14)6-9/h3-7H,2,8H2,1H3,(H,15,18)(H,16,17). The highest BCUT2D eigenvalue weighted by Gasteiger charge is 2.06. The number of hydrogen-bond donors (Lipinski definition) is 2. The highest BCUT2D eigenvalue weighted by atomic mass is 79.9. The van der Waals surface area contributed by atoms with Gasteiger partial charge in [-0.2, -0.15) is 5.10 Å². The number of rotatable bonds is 4. The number of amides is 1. The van der Waals surface area contributed by atoms with E-state index in [4.69, 9.17) is 0 Å². The summed E-state index contributed by atoms with van der Waals surface area (Å²) in [4.78, 5) is 11.9. The van der Waals surface area contributed by atoms with Gasteiger partial charge < -0.3 is 5.32 Å². The minimum absolute atomic E-state index is 0.0936. The molecule has 0 aliphatic carbocycles. The summed E-state index contributed by atoms with van der Waals surface area (Å²) in [5.41, 5.74) is 2.55. The van der Waals surface area contributed by atoms with Crippen LogP contribution in [0, 0.1) is 0 Å². The number of aromatic amines is 1. The Morgan fingerprint density at radius 3 is 2.94 bits per heavy atom. The summed E-state index contributed by atoms with van der Waals surface area (Å²) >= 11 is 3.34. The van der Waals surface area contributed by atoms with Crippen molar-refractivity contribution in [3.8, 4) is 0 Å². The molecule has 1 heterocycles. The second kappa shape index (κ2) is 5.82. The predicted octanol–water partition coefficient (Wildman–Crippen LogP) is 2.66. The Balaban J connectivity index is 1.96. The number of H-pyrrole nitrogens is 1. The first-order chi connectivity index (χ1) is 8.69. The number of hydrogen-bond acceptors (Lipinski definition) is 2. The Morgan fingerprint density at radius 2 is 2.28 bits per heavy atom. The maximum absolute atomic E-state index is 11.9. The van der Waals surface area contributed by atoms with Gasteiger partial charge in [0.25, 0.3) is 5.91 Å². The molecule has 0 unspecified atom stereocenters. The molecule has 2 rings (SSSR count). The molecule has 5 heteroatoms. The van der Waals surface area contributed by atoms with Gasteiger partial charge in [0.2, 0.25) is 0 Å². The molecule has 2 N–H and O–H groups in total. The predicted molar refractivity (Wildman–Crippen MR) is 73.3 cm³/mol. The SMILES string of the molecule is CCc1cc(CNC(=O)c2cccc(Br)c2)[nH]n1. The maximum atomic E-state index is 11.9. The van der Waals surface area contributed by atoms with Gasteiger partial charge in [0.05, 0.1) is 17.9 Å². The van der Waals surface area contributed by atoms with E-state index in [1.807, 2.05) is 25.1 Å². The fourth-order valence-electron chi connectivity index (χ4n) is 1.59. The summed E-state index contributed by atoms with van der Waals surface area (Å²) in [6.07, 6.45) is 0.885. The van der Waals surface area contributed by atoms with E-state index in [1.165, 1.54) is 0 Å². The van der Waals surface area contributed by atoms with Crippen molar-refractivity contribution in [2.45, 2.75) is 19.9 Å². The lowest BCUT2D eigenvalue weighted by atomic mass is 10.2. The number of halogens is 1. The van der Waals surface area contributed by atoms with Gasteiger partial charge >= 0.3 is 0 Å². The van der Waals surface area contributed by atoms with Crippen molar-refractivity contribution < 1.29 is 4.79 Å². The van der Waals surface area contributed by atoms with Gasteiger partial charge in [-0.15, -0.1) is 0 Å². The molecule has 1 aromatic carbocycles. The van der Waals surface area contributed by atoms with E-state index in [1.54, 1.807) is 12.1 Å². The van der Waals surface area contributed by atoms with E-state index >= 15 is 0 Å². The summed E-state index contributed by atoms with van der Waals surface area (Å²) in [6, 6.07) is 9.26. The molecule has 0 saturated heterocycles. The maximum Gasteiger partial charge on any atom is 0.251 e. The molecule has 0 fully saturated rings. The van der Waals surface area contributed by atoms with Crippen LogP contribution in [0.15, 0.2) is 34.8 Å². The van der Waals surface area contributed by atoms with Crippen molar-refractivity contribution in [2.75, 3.05) is 0 Å². The van der Waals surface area contributed by atoms with Crippen molar-refractivity contribution in [3.05, 3.63) is 51.8 Å². The Kier molecular flexibility index (Phi) is 4.15. The minimum Gasteiger partial charge on any atom is -0.346 e. The molecule has 0 spiro atoms. The van der Waals surface area contributed by atoms with Gasteiger partial charge in [0.1, 0.15) is 0 Å². The van der Waals surface area contributed by atoms with Gasteiger partial charge in [0.15, 0.2) is 0 Å². The van der Waals surface area contributed by atoms with Gasteiger partial charge in [-0.05, 0) is 30.7 Å². The number of nitrogens with one attached hydrogen (secondary N) is 2. The second-order valence-electron chi connectivity index (χ2n) is 3.93. The molecule has 0 atom stereocenters. The third-order valence-electron chi connectivity index (χ3n) is 2.57. The molecular weight excluding hydrogens is 294 g/mol. The number of carbonyl (C=O) groups is 1. The van der Waals surface area contributed by atoms with Crippen molar-refractivity contribution in [1.29, 1.82) is 0 Å². The zero-order valence-corrected chi connectivity index (χ0v) is 11.6. The smallest absolute Gasteiger partial charge is 0.251 e. The quantitative estimate of drug-likeness (QED) is 0.912. The first kappa shape index (κ1) is 12.8. The molecule has 0 aliphatic heterocycles. The van der Waals surface area contributed by atoms with Crippen LogP contribution in [-0.4, -0.2) is 16.1 Å². The molecule has 1 aromatic heterocycles. The number of aryl methyl sites for hydroxylation is 1. The average molecular weight is 308 g/mol. The third-order valence-corrected chi connectivity index (χ3v) is 3.07. The molecule has 4 nitrogen and oxygen atoms in total. The topological polar surface area (TPSA) is 57.8 Å². The first-order valence-corrected chi connectivity index (χ1v) is 6.55. The Hall–Kier alpha value is -1.62. The molecule has 0 bridgehead atoms. The second-order valence-corrected chi connectivity index (χ2v) is 4.85. The summed E-state index contributed by atoms with van der Waals surface area (Å²) in [5, 5.41) is 9.87. The van der Waals surface area contributed by atoms with Crippen molar-refractivity contribution in [3.63, 3.8) is 0 Å². The fraction of sp³-hybridized carbons (Fsp3) is 0.231. The summed E-state index contributed by atoms with van der Waals surface area (Å²) in [6.45, 7) is 2.50. The van der Waals surface area contributed by atoms with E-state index in [0.29, 0.717) is 12.1 Å². The van der Waals surface area contributed by atoms with Crippen LogP contribution in [0.5, 0.6) is 0 Å². The Morgan fingerprint density at radius 1 is 1.44 bits per heavy atom. The zero-order chi connectivity index (χ0) is 13.0. The number of carbonyl (C=O) groups excluding carboxylic acids is 1. The minimum atomic E-state index is -0.0936. The molecule has 1 amide bonds. The summed E-state index contributed by atoms with van der Waals surface area (Å²) in [7, 11) is 0. The van der Waals surface area contributed by atoms with Crippen LogP contribution in [-0.2, 0) is 13.0 Å². The molecule has 94 valence electrons. The van der Waals surface area contributed by atoms with Crippen LogP contribution in [0.2, 0.25) is 0 Å².